The number of aromatic amines is 1. The van der Waals surface area contributed by atoms with Crippen molar-refractivity contribution in [2.45, 2.75) is 12.5 Å². The molecule has 0 aliphatic carbocycles. The molecule has 1 atom stereocenters. The lowest BCUT2D eigenvalue weighted by Crippen LogP contribution is -2.32. The summed E-state index contributed by atoms with van der Waals surface area (Å²) in [6, 6.07) is 30.9. The standard InChI is InChI=1S/C27H24N4O/c32-25(19-31-17-9-16-29-31)28-18-23(20-10-3-1-4-11-20)26-22-14-7-8-15-24(22)30-27(26)21-12-5-2-6-13-21/h1-17,23,30H,18-19H2,(H,28,32). The molecule has 0 spiro atoms. The molecule has 0 aliphatic rings. The van der Waals surface area contributed by atoms with Crippen molar-refractivity contribution in [1.82, 2.24) is 20.1 Å². The SMILES string of the molecule is O=C(Cn1cccn1)NCC(c1ccccc1)c1c(-c2ccccc2)[nH]c2ccccc12. The van der Waals surface area contributed by atoms with E-state index in [0.717, 1.165) is 22.3 Å². The second-order valence-corrected chi connectivity index (χ2v) is 7.80. The molecule has 0 saturated heterocycles. The Balaban J connectivity index is 1.56. The summed E-state index contributed by atoms with van der Waals surface area (Å²) in [6.45, 7) is 0.694. The summed E-state index contributed by atoms with van der Waals surface area (Å²) in [5.41, 5.74) is 5.65. The van der Waals surface area contributed by atoms with Gasteiger partial charge >= 0.3 is 0 Å². The van der Waals surface area contributed by atoms with Gasteiger partial charge in [-0.2, -0.15) is 5.10 Å². The van der Waals surface area contributed by atoms with Gasteiger partial charge in [0, 0.05) is 35.8 Å². The zero-order chi connectivity index (χ0) is 21.8. The highest BCUT2D eigenvalue weighted by Crippen LogP contribution is 2.38. The third-order valence-corrected chi connectivity index (χ3v) is 5.73. The fraction of sp³-hybridized carbons (Fsp3) is 0.111. The average molecular weight is 421 g/mol. The minimum Gasteiger partial charge on any atom is -0.354 e. The maximum absolute atomic E-state index is 12.7. The lowest BCUT2D eigenvalue weighted by atomic mass is 9.87. The van der Waals surface area contributed by atoms with Crippen LogP contribution in [-0.2, 0) is 11.3 Å². The van der Waals surface area contributed by atoms with Crippen LogP contribution >= 0.6 is 0 Å². The molecule has 5 heteroatoms. The molecule has 3 aromatic carbocycles. The lowest BCUT2D eigenvalue weighted by molar-refractivity contribution is -0.121. The molecule has 0 radical (unpaired) electrons. The molecule has 2 N–H and O–H groups in total. The van der Waals surface area contributed by atoms with Gasteiger partial charge in [0.15, 0.2) is 0 Å². The van der Waals surface area contributed by atoms with Crippen LogP contribution in [0.2, 0.25) is 0 Å². The van der Waals surface area contributed by atoms with Crippen LogP contribution in [0.25, 0.3) is 22.2 Å². The summed E-state index contributed by atoms with van der Waals surface area (Å²) in [5.74, 6) is -0.0696. The monoisotopic (exact) mass is 420 g/mol. The first-order chi connectivity index (χ1) is 15.8. The largest absolute Gasteiger partial charge is 0.354 e. The van der Waals surface area contributed by atoms with Gasteiger partial charge in [-0.15, -0.1) is 0 Å². The smallest absolute Gasteiger partial charge is 0.241 e. The molecule has 0 bridgehead atoms. The number of rotatable bonds is 7. The number of fused-ring (bicyclic) bond motifs is 1. The number of nitrogens with zero attached hydrogens (tertiary/aromatic N) is 2. The average Bonchev–Trinajstić information content (AvgIpc) is 3.49. The van der Waals surface area contributed by atoms with E-state index in [2.05, 4.69) is 57.9 Å². The Bertz CT molecular complexity index is 1310. The van der Waals surface area contributed by atoms with Crippen LogP contribution in [0.1, 0.15) is 17.0 Å². The lowest BCUT2D eigenvalue weighted by Gasteiger charge is -2.20. The molecule has 1 unspecified atom stereocenters. The van der Waals surface area contributed by atoms with Gasteiger partial charge in [0.05, 0.1) is 5.69 Å². The number of benzene rings is 3. The molecule has 1 amide bonds. The van der Waals surface area contributed by atoms with Crippen LogP contribution in [-0.4, -0.2) is 27.2 Å². The number of hydrogen-bond donors (Lipinski definition) is 2. The summed E-state index contributed by atoms with van der Waals surface area (Å²) in [7, 11) is 0. The van der Waals surface area contributed by atoms with Gasteiger partial charge in [-0.3, -0.25) is 9.48 Å². The molecule has 32 heavy (non-hydrogen) atoms. The number of para-hydroxylation sites is 1. The third-order valence-electron chi connectivity index (χ3n) is 5.73. The molecule has 5 rings (SSSR count). The van der Waals surface area contributed by atoms with E-state index < -0.39 is 0 Å². The molecule has 5 aromatic rings. The number of hydrogen-bond acceptors (Lipinski definition) is 2. The Morgan fingerprint density at radius 3 is 2.38 bits per heavy atom. The summed E-state index contributed by atoms with van der Waals surface area (Å²) < 4.78 is 1.63. The summed E-state index contributed by atoms with van der Waals surface area (Å²) in [5, 5.41) is 8.44. The third kappa shape index (κ3) is 4.05. The highest BCUT2D eigenvalue weighted by atomic mass is 16.2. The molecular formula is C27H24N4O. The van der Waals surface area contributed by atoms with E-state index in [1.165, 1.54) is 10.9 Å². The van der Waals surface area contributed by atoms with E-state index >= 15 is 0 Å². The van der Waals surface area contributed by atoms with Crippen molar-refractivity contribution in [2.24, 2.45) is 0 Å². The first-order valence-electron chi connectivity index (χ1n) is 10.7. The molecular weight excluding hydrogens is 396 g/mol. The van der Waals surface area contributed by atoms with E-state index in [-0.39, 0.29) is 18.4 Å². The highest BCUT2D eigenvalue weighted by molar-refractivity contribution is 5.92. The minimum absolute atomic E-state index is 0.0101. The first kappa shape index (κ1) is 19.8. The van der Waals surface area contributed by atoms with Crippen molar-refractivity contribution in [3.05, 3.63) is 115 Å². The first-order valence-corrected chi connectivity index (χ1v) is 10.7. The van der Waals surface area contributed by atoms with Gasteiger partial charge < -0.3 is 10.3 Å². The normalized spacial score (nSPS) is 12.0. The number of aromatic nitrogens is 3. The topological polar surface area (TPSA) is 62.7 Å². The molecule has 158 valence electrons. The second-order valence-electron chi connectivity index (χ2n) is 7.80. The van der Waals surface area contributed by atoms with Crippen molar-refractivity contribution < 1.29 is 4.79 Å². The van der Waals surface area contributed by atoms with Crippen LogP contribution in [0.5, 0.6) is 0 Å². The van der Waals surface area contributed by atoms with Crippen molar-refractivity contribution in [1.29, 1.82) is 0 Å². The van der Waals surface area contributed by atoms with Gasteiger partial charge in [0.2, 0.25) is 5.91 Å². The predicted octanol–water partition coefficient (Wildman–Crippen LogP) is 4.98. The van der Waals surface area contributed by atoms with Crippen LogP contribution in [0.3, 0.4) is 0 Å². The van der Waals surface area contributed by atoms with Crippen molar-refractivity contribution in [3.63, 3.8) is 0 Å². The van der Waals surface area contributed by atoms with Crippen LogP contribution in [0, 0.1) is 0 Å². The highest BCUT2D eigenvalue weighted by Gasteiger charge is 2.24. The molecule has 0 fully saturated rings. The van der Waals surface area contributed by atoms with E-state index in [4.69, 9.17) is 0 Å². The summed E-state index contributed by atoms with van der Waals surface area (Å²) in [4.78, 5) is 16.3. The number of nitrogens with one attached hydrogen (secondary N) is 2. The number of carbonyl (C=O) groups excluding carboxylic acids is 1. The predicted molar refractivity (Wildman–Crippen MR) is 127 cm³/mol. The summed E-state index contributed by atoms with van der Waals surface area (Å²) in [6.07, 6.45) is 3.47. The molecule has 2 heterocycles. The van der Waals surface area contributed by atoms with E-state index in [1.54, 1.807) is 17.1 Å². The van der Waals surface area contributed by atoms with E-state index in [1.807, 2.05) is 48.5 Å². The van der Waals surface area contributed by atoms with Gasteiger partial charge in [0.25, 0.3) is 0 Å². The van der Waals surface area contributed by atoms with Gasteiger partial charge in [-0.25, -0.2) is 0 Å². The maximum atomic E-state index is 12.7. The zero-order valence-corrected chi connectivity index (χ0v) is 17.6. The number of amides is 1. The molecule has 0 aliphatic heterocycles. The summed E-state index contributed by atoms with van der Waals surface area (Å²) >= 11 is 0. The Labute approximate surface area is 186 Å². The number of carbonyl (C=O) groups is 1. The van der Waals surface area contributed by atoms with Gasteiger partial charge in [-0.05, 0) is 28.8 Å². The Morgan fingerprint density at radius 2 is 1.62 bits per heavy atom. The van der Waals surface area contributed by atoms with Crippen LogP contribution in [0.4, 0.5) is 0 Å². The van der Waals surface area contributed by atoms with Gasteiger partial charge in [0.1, 0.15) is 6.54 Å². The molecule has 5 nitrogen and oxygen atoms in total. The van der Waals surface area contributed by atoms with Crippen molar-refractivity contribution >= 4 is 16.8 Å². The van der Waals surface area contributed by atoms with Crippen molar-refractivity contribution in [2.75, 3.05) is 6.54 Å². The van der Waals surface area contributed by atoms with Crippen LogP contribution < -0.4 is 5.32 Å². The Kier molecular flexibility index (Phi) is 5.54. The molecule has 0 saturated carbocycles. The van der Waals surface area contributed by atoms with E-state index in [0.29, 0.717) is 6.54 Å². The second kappa shape index (κ2) is 8.94. The number of H-pyrrole nitrogens is 1. The Morgan fingerprint density at radius 1 is 0.906 bits per heavy atom. The Hall–Kier alpha value is -4.12. The van der Waals surface area contributed by atoms with Crippen LogP contribution in [0.15, 0.2) is 103 Å². The molecule has 2 aromatic heterocycles. The fourth-order valence-corrected chi connectivity index (χ4v) is 4.24. The van der Waals surface area contributed by atoms with Gasteiger partial charge in [-0.1, -0.05) is 78.9 Å². The quantitative estimate of drug-likeness (QED) is 0.390. The van der Waals surface area contributed by atoms with Crippen molar-refractivity contribution in [3.8, 4) is 11.3 Å². The van der Waals surface area contributed by atoms with E-state index in [9.17, 15) is 4.79 Å². The zero-order valence-electron chi connectivity index (χ0n) is 17.6. The fourth-order valence-electron chi connectivity index (χ4n) is 4.24. The maximum Gasteiger partial charge on any atom is 0.241 e. The minimum atomic E-state index is -0.0595.